The largest absolute Gasteiger partial charge is 0.508 e. The minimum absolute atomic E-state index is 0.0529. The summed E-state index contributed by atoms with van der Waals surface area (Å²) in [5.74, 6) is -7.66. The lowest BCUT2D eigenvalue weighted by atomic mass is 9.77. The van der Waals surface area contributed by atoms with Gasteiger partial charge in [-0.2, -0.15) is 0 Å². The number of phenols is 2. The molecule has 0 saturated carbocycles. The molecule has 1 unspecified atom stereocenters. The van der Waals surface area contributed by atoms with Crippen LogP contribution in [0.4, 0.5) is 18.9 Å². The molecule has 1 atom stereocenters. The van der Waals surface area contributed by atoms with E-state index in [9.17, 15) is 33.0 Å². The van der Waals surface area contributed by atoms with Crippen LogP contribution in [0.3, 0.4) is 0 Å². The van der Waals surface area contributed by atoms with Gasteiger partial charge in [0.05, 0.1) is 16.7 Å². The molecule has 0 radical (unpaired) electrons. The van der Waals surface area contributed by atoms with Gasteiger partial charge in [-0.3, -0.25) is 4.79 Å². The molecule has 2 aliphatic rings. The summed E-state index contributed by atoms with van der Waals surface area (Å²) >= 11 is 0. The zero-order chi connectivity index (χ0) is 26.1. The minimum atomic E-state index is -1.83. The number of amides is 1. The van der Waals surface area contributed by atoms with Crippen LogP contribution in [0, 0.1) is 17.5 Å². The van der Waals surface area contributed by atoms with Crippen LogP contribution >= 0.6 is 0 Å². The van der Waals surface area contributed by atoms with Crippen molar-refractivity contribution < 1.29 is 42.4 Å². The van der Waals surface area contributed by atoms with E-state index in [1.165, 1.54) is 30.3 Å². The summed E-state index contributed by atoms with van der Waals surface area (Å²) in [4.78, 5) is 25.8. The smallest absolute Gasteiger partial charge is 0.340 e. The maximum atomic E-state index is 14.3. The van der Waals surface area contributed by atoms with E-state index < -0.39 is 46.2 Å². The number of carbonyl (C=O) groups is 2. The normalized spacial score (nSPS) is 16.9. The lowest BCUT2D eigenvalue weighted by molar-refractivity contribution is 0.0224. The van der Waals surface area contributed by atoms with Gasteiger partial charge in [-0.1, -0.05) is 18.2 Å². The molecule has 0 aliphatic carbocycles. The van der Waals surface area contributed by atoms with Gasteiger partial charge < -0.3 is 25.0 Å². The van der Waals surface area contributed by atoms with Crippen LogP contribution in [0.1, 0.15) is 37.4 Å². The fraction of sp³-hybridized carbons (Fsp3) is 0.0370. The third-order valence-corrected chi connectivity index (χ3v) is 6.36. The summed E-state index contributed by atoms with van der Waals surface area (Å²) in [5.41, 5.74) is -1.45. The molecule has 0 saturated heterocycles. The Morgan fingerprint density at radius 1 is 0.865 bits per heavy atom. The predicted octanol–water partition coefficient (Wildman–Crippen LogP) is 5.34. The Hall–Kier alpha value is -4.99. The topological polar surface area (TPSA) is 105 Å². The zero-order valence-corrected chi connectivity index (χ0v) is 18.5. The van der Waals surface area contributed by atoms with Crippen molar-refractivity contribution in [2.45, 2.75) is 5.60 Å². The molecule has 184 valence electrons. The van der Waals surface area contributed by atoms with E-state index >= 15 is 0 Å². The van der Waals surface area contributed by atoms with Gasteiger partial charge in [0.2, 0.25) is 0 Å². The van der Waals surface area contributed by atoms with E-state index in [0.29, 0.717) is 17.2 Å². The number of nitrogens with one attached hydrogen (secondary N) is 1. The Bertz CT molecular complexity index is 1670. The van der Waals surface area contributed by atoms with Gasteiger partial charge in [-0.25, -0.2) is 18.0 Å². The Balaban J connectivity index is 1.57. The second kappa shape index (κ2) is 7.76. The van der Waals surface area contributed by atoms with Gasteiger partial charge in [0.15, 0.2) is 28.8 Å². The summed E-state index contributed by atoms with van der Waals surface area (Å²) in [6.45, 7) is 0. The molecule has 0 bridgehead atoms. The maximum Gasteiger partial charge on any atom is 0.340 e. The van der Waals surface area contributed by atoms with Gasteiger partial charge in [-0.05, 0) is 42.5 Å². The third-order valence-electron chi connectivity index (χ3n) is 6.36. The number of carbonyl (C=O) groups excluding carboxylic acids is 2. The average Bonchev–Trinajstić information content (AvgIpc) is 3.17. The number of benzene rings is 4. The number of phenolic OH excluding ortho intramolecular Hbond substituents is 2. The van der Waals surface area contributed by atoms with E-state index in [0.717, 1.165) is 6.07 Å². The third kappa shape index (κ3) is 3.08. The summed E-state index contributed by atoms with van der Waals surface area (Å²) in [6, 6.07) is 14.8. The maximum absolute atomic E-state index is 14.3. The second-order valence-corrected chi connectivity index (χ2v) is 8.41. The van der Waals surface area contributed by atoms with E-state index in [-0.39, 0.29) is 34.1 Å². The highest BCUT2D eigenvalue weighted by Gasteiger charge is 2.54. The van der Waals surface area contributed by atoms with Crippen LogP contribution in [-0.4, -0.2) is 22.1 Å². The number of aromatic hydroxyl groups is 2. The molecule has 1 spiro atoms. The fourth-order valence-electron chi connectivity index (χ4n) is 4.72. The van der Waals surface area contributed by atoms with Gasteiger partial charge in [0.1, 0.15) is 22.9 Å². The van der Waals surface area contributed by atoms with E-state index in [2.05, 4.69) is 5.32 Å². The highest BCUT2D eigenvalue weighted by Crippen LogP contribution is 2.59. The molecule has 37 heavy (non-hydrogen) atoms. The number of ether oxygens (including phenoxy) is 2. The molecule has 4 aromatic rings. The number of fused-ring (bicyclic) bond motifs is 6. The van der Waals surface area contributed by atoms with Crippen LogP contribution in [0.25, 0.3) is 0 Å². The van der Waals surface area contributed by atoms with Crippen molar-refractivity contribution in [3.63, 3.8) is 0 Å². The van der Waals surface area contributed by atoms with Gasteiger partial charge in [0, 0.05) is 17.2 Å². The summed E-state index contributed by atoms with van der Waals surface area (Å²) in [6.07, 6.45) is 0. The number of hydrogen-bond acceptors (Lipinski definition) is 6. The summed E-state index contributed by atoms with van der Waals surface area (Å²) in [5, 5.41) is 23.0. The molecule has 2 heterocycles. The van der Waals surface area contributed by atoms with Crippen LogP contribution in [-0.2, 0) is 10.3 Å². The number of rotatable bonds is 2. The second-order valence-electron chi connectivity index (χ2n) is 8.41. The van der Waals surface area contributed by atoms with Crippen molar-refractivity contribution in [2.24, 2.45) is 0 Å². The average molecular weight is 505 g/mol. The molecular weight excluding hydrogens is 491 g/mol. The molecule has 0 aromatic heterocycles. The molecular formula is C27H14F3NO6. The minimum Gasteiger partial charge on any atom is -0.508 e. The Morgan fingerprint density at radius 3 is 2.43 bits per heavy atom. The van der Waals surface area contributed by atoms with E-state index in [1.54, 1.807) is 24.3 Å². The quantitative estimate of drug-likeness (QED) is 0.193. The van der Waals surface area contributed by atoms with E-state index in [1.807, 2.05) is 0 Å². The lowest BCUT2D eigenvalue weighted by Gasteiger charge is -2.37. The monoisotopic (exact) mass is 505 g/mol. The standard InChI is InChI=1S/C27H14F3NO6/c28-18-9-6-14(21(29)22(18)30)25(34)31-23-19(33)10-8-17-24(23)36-20-11-12(32)5-7-16(20)27(17)15-4-2-1-3-13(15)26(35)37-27/h1-11,32-33H,(H,31,34). The van der Waals surface area contributed by atoms with Crippen molar-refractivity contribution in [1.29, 1.82) is 0 Å². The first-order valence-corrected chi connectivity index (χ1v) is 10.9. The number of anilines is 1. The number of hydrogen-bond donors (Lipinski definition) is 3. The lowest BCUT2D eigenvalue weighted by Crippen LogP contribution is -2.33. The Morgan fingerprint density at radius 2 is 1.62 bits per heavy atom. The molecule has 1 amide bonds. The molecule has 7 nitrogen and oxygen atoms in total. The van der Waals surface area contributed by atoms with Crippen molar-refractivity contribution >= 4 is 17.6 Å². The molecule has 4 aromatic carbocycles. The molecule has 6 rings (SSSR count). The van der Waals surface area contributed by atoms with Gasteiger partial charge >= 0.3 is 5.97 Å². The van der Waals surface area contributed by atoms with Crippen molar-refractivity contribution in [2.75, 3.05) is 5.32 Å². The van der Waals surface area contributed by atoms with Crippen LogP contribution in [0.15, 0.2) is 66.7 Å². The first kappa shape index (κ1) is 22.5. The van der Waals surface area contributed by atoms with Crippen molar-refractivity contribution in [1.82, 2.24) is 0 Å². The van der Waals surface area contributed by atoms with Crippen LogP contribution < -0.4 is 10.1 Å². The number of halogens is 3. The van der Waals surface area contributed by atoms with E-state index in [4.69, 9.17) is 9.47 Å². The van der Waals surface area contributed by atoms with Crippen molar-refractivity contribution in [3.8, 4) is 23.0 Å². The SMILES string of the molecule is O=C1OC2(c3ccc(O)cc3Oc3c2ccc(O)c3NC(=O)c2ccc(F)c(F)c2F)c2ccccc21. The predicted molar refractivity (Wildman–Crippen MR) is 122 cm³/mol. The van der Waals surface area contributed by atoms with Crippen LogP contribution in [0.5, 0.6) is 23.0 Å². The molecule has 2 aliphatic heterocycles. The molecule has 10 heteroatoms. The Labute approximate surface area is 206 Å². The first-order valence-electron chi connectivity index (χ1n) is 10.9. The van der Waals surface area contributed by atoms with Crippen molar-refractivity contribution in [3.05, 3.63) is 112 Å². The Kier molecular flexibility index (Phi) is 4.71. The zero-order valence-electron chi connectivity index (χ0n) is 18.5. The van der Waals surface area contributed by atoms with Gasteiger partial charge in [-0.15, -0.1) is 0 Å². The number of esters is 1. The van der Waals surface area contributed by atoms with Gasteiger partial charge in [0.25, 0.3) is 5.91 Å². The molecule has 3 N–H and O–H groups in total. The van der Waals surface area contributed by atoms with Crippen LogP contribution in [0.2, 0.25) is 0 Å². The first-order chi connectivity index (χ1) is 17.7. The summed E-state index contributed by atoms with van der Waals surface area (Å²) < 4.78 is 53.3. The summed E-state index contributed by atoms with van der Waals surface area (Å²) in [7, 11) is 0. The highest BCUT2D eigenvalue weighted by molar-refractivity contribution is 6.06. The molecule has 0 fully saturated rings. The highest BCUT2D eigenvalue weighted by atomic mass is 19.2. The fourth-order valence-corrected chi connectivity index (χ4v) is 4.72.